The number of aliphatic hydroxyl groups excluding tert-OH is 1. The molecule has 0 aliphatic heterocycles. The van der Waals surface area contributed by atoms with E-state index in [0.717, 1.165) is 23.7 Å². The second kappa shape index (κ2) is 6.22. The predicted molar refractivity (Wildman–Crippen MR) is 82.6 cm³/mol. The average Bonchev–Trinajstić information content (AvgIpc) is 2.73. The van der Waals surface area contributed by atoms with Crippen LogP contribution >= 0.6 is 11.6 Å². The summed E-state index contributed by atoms with van der Waals surface area (Å²) in [5.74, 6) is 0. The SMILES string of the molecule is C[Si](C)(C)CCOCn1c(CO)cc2c(Cl)ncnc21. The molecule has 0 saturated heterocycles. The first-order chi connectivity index (χ1) is 9.42. The van der Waals surface area contributed by atoms with Crippen LogP contribution in [0.5, 0.6) is 0 Å². The van der Waals surface area contributed by atoms with Crippen molar-refractivity contribution in [2.45, 2.75) is 39.0 Å². The second-order valence-corrected chi connectivity index (χ2v) is 12.0. The van der Waals surface area contributed by atoms with Crippen LogP contribution in [0.15, 0.2) is 12.4 Å². The first kappa shape index (κ1) is 15.4. The number of hydrogen-bond acceptors (Lipinski definition) is 4. The van der Waals surface area contributed by atoms with Gasteiger partial charge < -0.3 is 14.4 Å². The zero-order chi connectivity index (χ0) is 14.8. The third kappa shape index (κ3) is 3.57. The monoisotopic (exact) mass is 313 g/mol. The molecule has 110 valence electrons. The topological polar surface area (TPSA) is 60.2 Å². The number of nitrogens with zero attached hydrogens (tertiary/aromatic N) is 3. The largest absolute Gasteiger partial charge is 0.390 e. The van der Waals surface area contributed by atoms with Crippen LogP contribution < -0.4 is 0 Å². The van der Waals surface area contributed by atoms with Gasteiger partial charge in [0.1, 0.15) is 23.9 Å². The first-order valence-electron chi connectivity index (χ1n) is 6.59. The zero-order valence-corrected chi connectivity index (χ0v) is 13.8. The van der Waals surface area contributed by atoms with Gasteiger partial charge in [-0.05, 0) is 12.1 Å². The number of hydrogen-bond donors (Lipinski definition) is 1. The van der Waals surface area contributed by atoms with Gasteiger partial charge in [-0.15, -0.1) is 0 Å². The molecular formula is C13H20ClN3O2Si. The highest BCUT2D eigenvalue weighted by Crippen LogP contribution is 2.23. The Morgan fingerprint density at radius 3 is 2.75 bits per heavy atom. The van der Waals surface area contributed by atoms with Crippen molar-refractivity contribution in [3.05, 3.63) is 23.2 Å². The van der Waals surface area contributed by atoms with Gasteiger partial charge in [0.25, 0.3) is 0 Å². The van der Waals surface area contributed by atoms with E-state index in [9.17, 15) is 5.11 Å². The molecule has 2 rings (SSSR count). The van der Waals surface area contributed by atoms with Gasteiger partial charge in [-0.2, -0.15) is 0 Å². The summed E-state index contributed by atoms with van der Waals surface area (Å²) in [6, 6.07) is 2.91. The van der Waals surface area contributed by atoms with Crippen LogP contribution in [-0.4, -0.2) is 34.3 Å². The molecule has 5 nitrogen and oxygen atoms in total. The smallest absolute Gasteiger partial charge is 0.147 e. The lowest BCUT2D eigenvalue weighted by molar-refractivity contribution is 0.0850. The summed E-state index contributed by atoms with van der Waals surface area (Å²) < 4.78 is 7.57. The fourth-order valence-corrected chi connectivity index (χ4v) is 2.83. The highest BCUT2D eigenvalue weighted by Gasteiger charge is 2.14. The Morgan fingerprint density at radius 2 is 2.10 bits per heavy atom. The molecule has 7 heteroatoms. The van der Waals surface area contributed by atoms with Crippen molar-refractivity contribution in [3.8, 4) is 0 Å². The fraction of sp³-hybridized carbons (Fsp3) is 0.538. The molecular weight excluding hydrogens is 294 g/mol. The molecule has 2 heterocycles. The number of fused-ring (bicyclic) bond motifs is 1. The van der Waals surface area contributed by atoms with Crippen LogP contribution in [0.1, 0.15) is 5.69 Å². The highest BCUT2D eigenvalue weighted by molar-refractivity contribution is 6.76. The van der Waals surface area contributed by atoms with E-state index >= 15 is 0 Å². The van der Waals surface area contributed by atoms with Crippen molar-refractivity contribution < 1.29 is 9.84 Å². The van der Waals surface area contributed by atoms with E-state index in [2.05, 4.69) is 29.6 Å². The molecule has 0 spiro atoms. The molecule has 2 aromatic heterocycles. The van der Waals surface area contributed by atoms with Gasteiger partial charge in [0.15, 0.2) is 0 Å². The van der Waals surface area contributed by atoms with Crippen molar-refractivity contribution in [3.63, 3.8) is 0 Å². The zero-order valence-electron chi connectivity index (χ0n) is 12.1. The maximum absolute atomic E-state index is 9.44. The number of ether oxygens (including phenoxy) is 1. The third-order valence-electron chi connectivity index (χ3n) is 3.11. The summed E-state index contributed by atoms with van der Waals surface area (Å²) in [5, 5.41) is 10.6. The minimum Gasteiger partial charge on any atom is -0.390 e. The molecule has 0 aromatic carbocycles. The average molecular weight is 314 g/mol. The molecule has 0 fully saturated rings. The van der Waals surface area contributed by atoms with E-state index in [-0.39, 0.29) is 6.61 Å². The van der Waals surface area contributed by atoms with E-state index in [1.165, 1.54) is 6.33 Å². The van der Waals surface area contributed by atoms with Crippen molar-refractivity contribution >= 4 is 30.7 Å². The van der Waals surface area contributed by atoms with Gasteiger partial charge in [-0.1, -0.05) is 31.2 Å². The molecule has 1 N–H and O–H groups in total. The summed E-state index contributed by atoms with van der Waals surface area (Å²) in [6.45, 7) is 7.95. The number of aliphatic hydroxyl groups is 1. The van der Waals surface area contributed by atoms with Crippen LogP contribution in [0.3, 0.4) is 0 Å². The highest BCUT2D eigenvalue weighted by atomic mass is 35.5. The van der Waals surface area contributed by atoms with E-state index in [0.29, 0.717) is 17.5 Å². The summed E-state index contributed by atoms with van der Waals surface area (Å²) in [6.07, 6.45) is 1.42. The molecule has 0 saturated carbocycles. The van der Waals surface area contributed by atoms with Crippen LogP contribution in [0.4, 0.5) is 0 Å². The molecule has 0 aliphatic carbocycles. The van der Waals surface area contributed by atoms with Gasteiger partial charge in [-0.3, -0.25) is 0 Å². The Hall–Kier alpha value is -0.953. The lowest BCUT2D eigenvalue weighted by Crippen LogP contribution is -2.22. The Labute approximate surface area is 124 Å². The molecule has 0 bridgehead atoms. The summed E-state index contributed by atoms with van der Waals surface area (Å²) >= 11 is 6.04. The van der Waals surface area contributed by atoms with E-state index in [4.69, 9.17) is 16.3 Å². The van der Waals surface area contributed by atoms with Gasteiger partial charge in [0.05, 0.1) is 12.0 Å². The second-order valence-electron chi connectivity index (χ2n) is 5.97. The summed E-state index contributed by atoms with van der Waals surface area (Å²) in [4.78, 5) is 8.17. The molecule has 0 amide bonds. The summed E-state index contributed by atoms with van der Waals surface area (Å²) in [7, 11) is -1.09. The van der Waals surface area contributed by atoms with E-state index < -0.39 is 8.07 Å². The summed E-state index contributed by atoms with van der Waals surface area (Å²) in [5.41, 5.74) is 1.43. The third-order valence-corrected chi connectivity index (χ3v) is 5.11. The normalized spacial score (nSPS) is 12.2. The Balaban J connectivity index is 2.14. The molecule has 2 aromatic rings. The van der Waals surface area contributed by atoms with E-state index in [1.807, 2.05) is 4.57 Å². The number of rotatable bonds is 6. The number of aromatic nitrogens is 3. The van der Waals surface area contributed by atoms with E-state index in [1.54, 1.807) is 6.07 Å². The van der Waals surface area contributed by atoms with Crippen LogP contribution in [0.25, 0.3) is 11.0 Å². The van der Waals surface area contributed by atoms with Crippen LogP contribution in [0.2, 0.25) is 30.8 Å². The van der Waals surface area contributed by atoms with Crippen molar-refractivity contribution in [1.29, 1.82) is 0 Å². The quantitative estimate of drug-likeness (QED) is 0.506. The molecule has 0 radical (unpaired) electrons. The lowest BCUT2D eigenvalue weighted by atomic mass is 10.4. The van der Waals surface area contributed by atoms with Gasteiger partial charge in [0.2, 0.25) is 0 Å². The van der Waals surface area contributed by atoms with Gasteiger partial charge >= 0.3 is 0 Å². The van der Waals surface area contributed by atoms with Crippen LogP contribution in [-0.2, 0) is 18.1 Å². The van der Waals surface area contributed by atoms with Crippen molar-refractivity contribution in [2.24, 2.45) is 0 Å². The van der Waals surface area contributed by atoms with Crippen molar-refractivity contribution in [2.75, 3.05) is 6.61 Å². The molecule has 0 aliphatic rings. The molecule has 0 atom stereocenters. The predicted octanol–water partition coefficient (Wildman–Crippen LogP) is 2.89. The lowest BCUT2D eigenvalue weighted by Gasteiger charge is -2.16. The number of halogens is 1. The molecule has 20 heavy (non-hydrogen) atoms. The Bertz CT molecular complexity index is 595. The maximum atomic E-state index is 9.44. The molecule has 0 unspecified atom stereocenters. The Kier molecular flexibility index (Phi) is 4.80. The van der Waals surface area contributed by atoms with Crippen molar-refractivity contribution in [1.82, 2.24) is 14.5 Å². The van der Waals surface area contributed by atoms with Gasteiger partial charge in [-0.25, -0.2) is 9.97 Å². The minimum atomic E-state index is -1.09. The standard InChI is InChI=1S/C13H20ClN3O2Si/c1-20(2,3)5-4-19-9-17-10(7-18)6-11-12(14)15-8-16-13(11)17/h6,8,18H,4-5,7,9H2,1-3H3. The Morgan fingerprint density at radius 1 is 1.35 bits per heavy atom. The van der Waals surface area contributed by atoms with Gasteiger partial charge in [0, 0.05) is 20.4 Å². The first-order valence-corrected chi connectivity index (χ1v) is 10.7. The maximum Gasteiger partial charge on any atom is 0.147 e. The van der Waals surface area contributed by atoms with Crippen LogP contribution in [0, 0.1) is 0 Å². The fourth-order valence-electron chi connectivity index (χ4n) is 1.89. The minimum absolute atomic E-state index is 0.0793.